The monoisotopic (exact) mass is 454 g/mol. The van der Waals surface area contributed by atoms with E-state index in [1.165, 1.54) is 0 Å². The Balaban J connectivity index is 1.78. The predicted molar refractivity (Wildman–Crippen MR) is 107 cm³/mol. The Morgan fingerprint density at radius 2 is 1.85 bits per heavy atom. The van der Waals surface area contributed by atoms with Gasteiger partial charge < -0.3 is 14.8 Å². The molecule has 0 aliphatic carbocycles. The summed E-state index contributed by atoms with van der Waals surface area (Å²) < 4.78 is 37.3. The number of nitrogens with one attached hydrogen (secondary N) is 1. The summed E-state index contributed by atoms with van der Waals surface area (Å²) in [6.07, 6.45) is 1.07. The first-order chi connectivity index (χ1) is 12.7. The summed E-state index contributed by atoms with van der Waals surface area (Å²) >= 11 is 3.38. The van der Waals surface area contributed by atoms with Crippen molar-refractivity contribution in [3.8, 4) is 11.5 Å². The number of anilines is 2. The number of carbonyl (C=O) groups excluding carboxylic acids is 1. The molecule has 27 heavy (non-hydrogen) atoms. The summed E-state index contributed by atoms with van der Waals surface area (Å²) in [6, 6.07) is 10.1. The van der Waals surface area contributed by atoms with Gasteiger partial charge in [-0.25, -0.2) is 8.42 Å². The molecule has 144 valence electrons. The highest BCUT2D eigenvalue weighted by atomic mass is 79.9. The third-order valence-electron chi connectivity index (χ3n) is 3.94. The van der Waals surface area contributed by atoms with Crippen molar-refractivity contribution in [1.29, 1.82) is 0 Å². The van der Waals surface area contributed by atoms with E-state index in [-0.39, 0.29) is 6.54 Å². The number of hydrogen-bond acceptors (Lipinski definition) is 5. The van der Waals surface area contributed by atoms with Crippen LogP contribution in [-0.2, 0) is 14.8 Å². The van der Waals surface area contributed by atoms with Gasteiger partial charge >= 0.3 is 0 Å². The number of aryl methyl sites for hydroxylation is 1. The van der Waals surface area contributed by atoms with Gasteiger partial charge in [-0.1, -0.05) is 15.9 Å². The Morgan fingerprint density at radius 3 is 2.52 bits per heavy atom. The average Bonchev–Trinajstić information content (AvgIpc) is 2.61. The van der Waals surface area contributed by atoms with Gasteiger partial charge in [0.15, 0.2) is 11.5 Å². The fraction of sp³-hybridized carbons (Fsp3) is 0.278. The highest BCUT2D eigenvalue weighted by molar-refractivity contribution is 9.10. The van der Waals surface area contributed by atoms with Crippen molar-refractivity contribution < 1.29 is 22.7 Å². The second-order valence-electron chi connectivity index (χ2n) is 6.11. The van der Waals surface area contributed by atoms with Crippen molar-refractivity contribution in [3.05, 3.63) is 46.4 Å². The number of benzene rings is 2. The van der Waals surface area contributed by atoms with Crippen LogP contribution < -0.4 is 19.1 Å². The van der Waals surface area contributed by atoms with Gasteiger partial charge in [-0.3, -0.25) is 9.10 Å². The minimum absolute atomic E-state index is 0.339. The van der Waals surface area contributed by atoms with E-state index < -0.39 is 15.9 Å². The SMILES string of the molecule is Cc1cc(N(CC(=O)Nc2ccc3c(c2)OCCO3)S(C)(=O)=O)ccc1Br. The van der Waals surface area contributed by atoms with Crippen molar-refractivity contribution in [2.45, 2.75) is 6.92 Å². The van der Waals surface area contributed by atoms with Crippen LogP contribution in [0, 0.1) is 6.92 Å². The van der Waals surface area contributed by atoms with Gasteiger partial charge in [0.2, 0.25) is 15.9 Å². The average molecular weight is 455 g/mol. The number of ether oxygens (including phenoxy) is 2. The number of amides is 1. The van der Waals surface area contributed by atoms with Crippen molar-refractivity contribution in [2.75, 3.05) is 35.6 Å². The maximum Gasteiger partial charge on any atom is 0.245 e. The van der Waals surface area contributed by atoms with E-state index in [9.17, 15) is 13.2 Å². The van der Waals surface area contributed by atoms with Crippen LogP contribution in [-0.4, -0.2) is 40.3 Å². The van der Waals surface area contributed by atoms with Gasteiger partial charge in [-0.05, 0) is 42.8 Å². The normalized spacial score (nSPS) is 13.1. The lowest BCUT2D eigenvalue weighted by Gasteiger charge is -2.23. The Kier molecular flexibility index (Phi) is 5.61. The fourth-order valence-electron chi connectivity index (χ4n) is 2.64. The van der Waals surface area contributed by atoms with Gasteiger partial charge in [-0.2, -0.15) is 0 Å². The smallest absolute Gasteiger partial charge is 0.245 e. The van der Waals surface area contributed by atoms with Crippen molar-refractivity contribution in [3.63, 3.8) is 0 Å². The molecule has 7 nitrogen and oxygen atoms in total. The first kappa shape index (κ1) is 19.5. The molecule has 0 saturated heterocycles. The van der Waals surface area contributed by atoms with E-state index in [0.717, 1.165) is 20.6 Å². The van der Waals surface area contributed by atoms with E-state index in [1.807, 2.05) is 6.92 Å². The van der Waals surface area contributed by atoms with Crippen LogP contribution in [0.4, 0.5) is 11.4 Å². The molecule has 3 rings (SSSR count). The molecule has 0 radical (unpaired) electrons. The van der Waals surface area contributed by atoms with Gasteiger partial charge in [0.25, 0.3) is 0 Å². The third kappa shape index (κ3) is 4.72. The topological polar surface area (TPSA) is 84.9 Å². The highest BCUT2D eigenvalue weighted by Crippen LogP contribution is 2.32. The molecular formula is C18H19BrN2O5S. The molecule has 2 aromatic carbocycles. The number of nitrogens with zero attached hydrogens (tertiary/aromatic N) is 1. The van der Waals surface area contributed by atoms with Crippen LogP contribution in [0.25, 0.3) is 0 Å². The lowest BCUT2D eigenvalue weighted by molar-refractivity contribution is -0.114. The van der Waals surface area contributed by atoms with Gasteiger partial charge in [0.1, 0.15) is 19.8 Å². The molecule has 0 unspecified atom stereocenters. The molecule has 1 aliphatic heterocycles. The van der Waals surface area contributed by atoms with Crippen LogP contribution in [0.2, 0.25) is 0 Å². The Labute approximate surface area is 166 Å². The van der Waals surface area contributed by atoms with Crippen molar-refractivity contribution in [2.24, 2.45) is 0 Å². The quantitative estimate of drug-likeness (QED) is 0.750. The largest absolute Gasteiger partial charge is 0.486 e. The Hall–Kier alpha value is -2.26. The summed E-state index contributed by atoms with van der Waals surface area (Å²) in [7, 11) is -3.64. The number of fused-ring (bicyclic) bond motifs is 1. The number of carbonyl (C=O) groups is 1. The summed E-state index contributed by atoms with van der Waals surface area (Å²) in [4.78, 5) is 12.5. The number of rotatable bonds is 5. The summed E-state index contributed by atoms with van der Waals surface area (Å²) in [5, 5.41) is 2.70. The van der Waals surface area contributed by atoms with E-state index in [0.29, 0.717) is 36.1 Å². The summed E-state index contributed by atoms with van der Waals surface area (Å²) in [5.41, 5.74) is 1.80. The predicted octanol–water partition coefficient (Wildman–Crippen LogP) is 2.93. The van der Waals surface area contributed by atoms with Crippen LogP contribution in [0.3, 0.4) is 0 Å². The molecule has 0 bridgehead atoms. The summed E-state index contributed by atoms with van der Waals surface area (Å²) in [6.45, 7) is 2.43. The van der Waals surface area contributed by atoms with Crippen LogP contribution in [0.5, 0.6) is 11.5 Å². The molecule has 9 heteroatoms. The Bertz CT molecular complexity index is 978. The molecule has 0 spiro atoms. The molecule has 0 atom stereocenters. The van der Waals surface area contributed by atoms with Gasteiger partial charge in [0.05, 0.1) is 11.9 Å². The molecule has 1 N–H and O–H groups in total. The zero-order valence-electron chi connectivity index (χ0n) is 14.9. The van der Waals surface area contributed by atoms with Crippen LogP contribution in [0.1, 0.15) is 5.56 Å². The second-order valence-corrected chi connectivity index (χ2v) is 8.87. The van der Waals surface area contributed by atoms with Crippen LogP contribution in [0.15, 0.2) is 40.9 Å². The first-order valence-corrected chi connectivity index (χ1v) is 10.8. The first-order valence-electron chi connectivity index (χ1n) is 8.17. The van der Waals surface area contributed by atoms with Gasteiger partial charge in [0, 0.05) is 16.2 Å². The van der Waals surface area contributed by atoms with E-state index in [2.05, 4.69) is 21.2 Å². The zero-order valence-corrected chi connectivity index (χ0v) is 17.3. The van der Waals surface area contributed by atoms with Crippen molar-refractivity contribution >= 4 is 43.2 Å². The molecule has 2 aromatic rings. The second kappa shape index (κ2) is 7.77. The Morgan fingerprint density at radius 1 is 1.15 bits per heavy atom. The molecular weight excluding hydrogens is 436 g/mol. The minimum Gasteiger partial charge on any atom is -0.486 e. The maximum atomic E-state index is 12.5. The highest BCUT2D eigenvalue weighted by Gasteiger charge is 2.22. The zero-order chi connectivity index (χ0) is 19.6. The maximum absolute atomic E-state index is 12.5. The van der Waals surface area contributed by atoms with E-state index in [4.69, 9.17) is 9.47 Å². The molecule has 1 heterocycles. The van der Waals surface area contributed by atoms with Gasteiger partial charge in [-0.15, -0.1) is 0 Å². The number of sulfonamides is 1. The standard InChI is InChI=1S/C18H19BrN2O5S/c1-12-9-14(4-5-15(12)19)21(27(2,23)24)11-18(22)20-13-3-6-16-17(10-13)26-8-7-25-16/h3-6,9-10H,7-8,11H2,1-2H3,(H,20,22). The molecule has 1 amide bonds. The third-order valence-corrected chi connectivity index (χ3v) is 5.97. The van der Waals surface area contributed by atoms with Crippen LogP contribution >= 0.6 is 15.9 Å². The molecule has 0 fully saturated rings. The lowest BCUT2D eigenvalue weighted by atomic mass is 10.2. The van der Waals surface area contributed by atoms with E-state index in [1.54, 1.807) is 36.4 Å². The molecule has 0 saturated carbocycles. The summed E-state index contributed by atoms with van der Waals surface area (Å²) in [5.74, 6) is 0.697. The van der Waals surface area contributed by atoms with Crippen molar-refractivity contribution in [1.82, 2.24) is 0 Å². The minimum atomic E-state index is -3.64. The molecule has 1 aliphatic rings. The molecule has 0 aromatic heterocycles. The lowest BCUT2D eigenvalue weighted by Crippen LogP contribution is -2.37. The number of hydrogen-bond donors (Lipinski definition) is 1. The van der Waals surface area contributed by atoms with E-state index >= 15 is 0 Å². The fourth-order valence-corrected chi connectivity index (χ4v) is 3.73. The number of halogens is 1.